The number of aliphatic hydroxyl groups excluding tert-OH is 1. The highest BCUT2D eigenvalue weighted by atomic mass is 32.2. The van der Waals surface area contributed by atoms with Crippen LogP contribution >= 0.6 is 12.0 Å². The molecule has 0 radical (unpaired) electrons. The van der Waals surface area contributed by atoms with Gasteiger partial charge in [-0.1, -0.05) is 80.9 Å². The summed E-state index contributed by atoms with van der Waals surface area (Å²) in [6, 6.07) is 26.1. The van der Waals surface area contributed by atoms with E-state index < -0.39 is 23.0 Å². The summed E-state index contributed by atoms with van der Waals surface area (Å²) in [6.07, 6.45) is 0.0287. The van der Waals surface area contributed by atoms with E-state index in [-0.39, 0.29) is 30.2 Å². The fourth-order valence-corrected chi connectivity index (χ4v) is 5.65. The van der Waals surface area contributed by atoms with Crippen molar-refractivity contribution in [3.63, 3.8) is 0 Å². The van der Waals surface area contributed by atoms with Gasteiger partial charge in [0.15, 0.2) is 0 Å². The van der Waals surface area contributed by atoms with Crippen LogP contribution in [-0.2, 0) is 22.2 Å². The number of benzene rings is 3. The molecular formula is C31H39N3O4S2. The first-order valence-corrected chi connectivity index (χ1v) is 15.3. The highest BCUT2D eigenvalue weighted by molar-refractivity contribution is 7.94. The molecule has 1 aliphatic carbocycles. The molecule has 0 heterocycles. The summed E-state index contributed by atoms with van der Waals surface area (Å²) in [6.45, 7) is 7.88. The Bertz CT molecular complexity index is 1250. The molecule has 0 saturated carbocycles. The van der Waals surface area contributed by atoms with E-state index in [0.29, 0.717) is 16.9 Å². The lowest BCUT2D eigenvalue weighted by Gasteiger charge is -2.23. The van der Waals surface area contributed by atoms with E-state index in [1.807, 2.05) is 62.4 Å². The van der Waals surface area contributed by atoms with Crippen molar-refractivity contribution in [2.24, 2.45) is 5.92 Å². The van der Waals surface area contributed by atoms with E-state index in [2.05, 4.69) is 29.1 Å². The van der Waals surface area contributed by atoms with Crippen LogP contribution in [0.5, 0.6) is 0 Å². The van der Waals surface area contributed by atoms with E-state index in [1.165, 1.54) is 5.56 Å². The number of fused-ring (bicyclic) bond motifs is 1. The summed E-state index contributed by atoms with van der Waals surface area (Å²) < 4.78 is 24.7. The number of nitrogens with one attached hydrogen (secondary N) is 2. The van der Waals surface area contributed by atoms with Gasteiger partial charge in [-0.2, -0.15) is 5.26 Å². The minimum atomic E-state index is -1.52. The zero-order valence-electron chi connectivity index (χ0n) is 23.4. The Labute approximate surface area is 244 Å². The van der Waals surface area contributed by atoms with Crippen molar-refractivity contribution in [1.29, 1.82) is 5.26 Å². The average molecular weight is 582 g/mol. The second kappa shape index (κ2) is 17.6. The number of carbonyl (C=O) groups excluding carboxylic acids is 1. The Kier molecular flexibility index (Phi) is 14.6. The van der Waals surface area contributed by atoms with Crippen LogP contribution in [-0.4, -0.2) is 37.7 Å². The Hall–Kier alpha value is -3.00. The van der Waals surface area contributed by atoms with E-state index >= 15 is 0 Å². The third kappa shape index (κ3) is 10.2. The fourth-order valence-electron chi connectivity index (χ4n) is 4.16. The number of amides is 1. The van der Waals surface area contributed by atoms with Gasteiger partial charge in [0.05, 0.1) is 33.9 Å². The normalized spacial score (nSPS) is 17.4. The van der Waals surface area contributed by atoms with Crippen molar-refractivity contribution >= 4 is 28.9 Å². The van der Waals surface area contributed by atoms with Crippen molar-refractivity contribution < 1.29 is 18.7 Å². The van der Waals surface area contributed by atoms with Crippen molar-refractivity contribution in [2.75, 3.05) is 6.54 Å². The third-order valence-corrected chi connectivity index (χ3v) is 8.12. The molecule has 3 aromatic carbocycles. The molecule has 1 amide bonds. The summed E-state index contributed by atoms with van der Waals surface area (Å²) in [7, 11) is -1.52. The smallest absolute Gasteiger partial charge is 0.223 e. The lowest BCUT2D eigenvalue weighted by atomic mass is 10.0. The first-order valence-electron chi connectivity index (χ1n) is 13.4. The molecule has 5 unspecified atom stereocenters. The van der Waals surface area contributed by atoms with Crippen LogP contribution < -0.4 is 10.0 Å². The SMILES string of the molecule is CC.CC(CC(O)CNS(=O)c1ccc(C#N)cc1)C(=O)NC1c2ccccc2CC1SO.Cc1ccccc1. The topological polar surface area (TPSA) is 122 Å². The van der Waals surface area contributed by atoms with Crippen molar-refractivity contribution in [2.45, 2.75) is 62.8 Å². The second-order valence-electron chi connectivity index (χ2n) is 9.23. The second-order valence-corrected chi connectivity index (χ2v) is 11.3. The molecule has 0 aromatic heterocycles. The maximum atomic E-state index is 12.7. The molecule has 5 atom stereocenters. The van der Waals surface area contributed by atoms with Gasteiger partial charge in [-0.25, -0.2) is 8.93 Å². The zero-order chi connectivity index (χ0) is 29.5. The Morgan fingerprint density at radius 1 is 1.07 bits per heavy atom. The summed E-state index contributed by atoms with van der Waals surface area (Å²) in [5.74, 6) is -0.662. The number of nitrogens with zero attached hydrogens (tertiary/aromatic N) is 1. The van der Waals surface area contributed by atoms with Gasteiger partial charge in [0.1, 0.15) is 11.0 Å². The van der Waals surface area contributed by atoms with Crippen LogP contribution in [0.3, 0.4) is 0 Å². The van der Waals surface area contributed by atoms with Crippen molar-refractivity contribution in [3.05, 3.63) is 101 Å². The fraction of sp³-hybridized carbons (Fsp3) is 0.355. The standard InChI is InChI=1S/C22H25N3O4S2.C7H8.C2H6/c1-14(10-17(26)13-24-31(29)18-8-6-15(12-23)7-9-18)22(27)25-21-19-5-3-2-4-16(19)11-20(21)30-28;1-7-5-3-2-4-6-7;1-2/h2-9,14,17,20-21,24,26,28H,10-11,13H2,1H3,(H,25,27);2-6H,1H3;1-2H3. The summed E-state index contributed by atoms with van der Waals surface area (Å²) >= 11 is 0.750. The minimum Gasteiger partial charge on any atom is -0.392 e. The zero-order valence-corrected chi connectivity index (χ0v) is 25.0. The summed E-state index contributed by atoms with van der Waals surface area (Å²) in [4.78, 5) is 13.2. The molecule has 9 heteroatoms. The largest absolute Gasteiger partial charge is 0.392 e. The molecule has 4 rings (SSSR count). The van der Waals surface area contributed by atoms with E-state index in [0.717, 1.165) is 23.2 Å². The molecule has 3 aromatic rings. The number of hydrogen-bond acceptors (Lipinski definition) is 6. The quantitative estimate of drug-likeness (QED) is 0.245. The van der Waals surface area contributed by atoms with E-state index in [4.69, 9.17) is 5.26 Å². The van der Waals surface area contributed by atoms with Gasteiger partial charge in [-0.3, -0.25) is 4.79 Å². The number of nitriles is 1. The molecule has 0 aliphatic heterocycles. The van der Waals surface area contributed by atoms with Crippen LogP contribution in [0, 0.1) is 24.2 Å². The molecule has 0 saturated heterocycles. The number of carbonyl (C=O) groups is 1. The van der Waals surface area contributed by atoms with Crippen LogP contribution in [0.15, 0.2) is 83.8 Å². The minimum absolute atomic E-state index is 0.0611. The first-order chi connectivity index (χ1) is 19.3. The van der Waals surface area contributed by atoms with E-state index in [1.54, 1.807) is 31.2 Å². The number of aliphatic hydroxyl groups is 1. The predicted molar refractivity (Wildman–Crippen MR) is 163 cm³/mol. The number of hydrogen-bond donors (Lipinski definition) is 4. The number of aryl methyl sites for hydroxylation is 1. The van der Waals surface area contributed by atoms with Crippen molar-refractivity contribution in [3.8, 4) is 6.07 Å². The average Bonchev–Trinajstić information content (AvgIpc) is 3.35. The van der Waals surface area contributed by atoms with Gasteiger partial charge in [-0.05, 0) is 67.2 Å². The molecule has 0 spiro atoms. The highest BCUT2D eigenvalue weighted by Gasteiger charge is 2.34. The lowest BCUT2D eigenvalue weighted by molar-refractivity contribution is -0.126. The van der Waals surface area contributed by atoms with Gasteiger partial charge in [0.25, 0.3) is 0 Å². The molecular weight excluding hydrogens is 542 g/mol. The van der Waals surface area contributed by atoms with Gasteiger partial charge < -0.3 is 15.0 Å². The molecule has 1 aliphatic rings. The van der Waals surface area contributed by atoms with E-state index in [9.17, 15) is 18.7 Å². The highest BCUT2D eigenvalue weighted by Crippen LogP contribution is 2.37. The Balaban J connectivity index is 0.000000534. The summed E-state index contributed by atoms with van der Waals surface area (Å²) in [5, 5.41) is 22.0. The Morgan fingerprint density at radius 3 is 2.27 bits per heavy atom. The van der Waals surface area contributed by atoms with Gasteiger partial charge in [0, 0.05) is 12.5 Å². The van der Waals surface area contributed by atoms with Gasteiger partial charge in [0.2, 0.25) is 5.91 Å². The van der Waals surface area contributed by atoms with Crippen LogP contribution in [0.1, 0.15) is 55.5 Å². The predicted octanol–water partition coefficient (Wildman–Crippen LogP) is 5.57. The first kappa shape index (κ1) is 33.2. The lowest BCUT2D eigenvalue weighted by Crippen LogP contribution is -2.38. The van der Waals surface area contributed by atoms with Crippen LogP contribution in [0.4, 0.5) is 0 Å². The summed E-state index contributed by atoms with van der Waals surface area (Å²) in [5.41, 5.74) is 3.92. The molecule has 0 bridgehead atoms. The maximum absolute atomic E-state index is 12.7. The Morgan fingerprint density at radius 2 is 1.70 bits per heavy atom. The van der Waals surface area contributed by atoms with Crippen LogP contribution in [0.2, 0.25) is 0 Å². The third-order valence-electron chi connectivity index (χ3n) is 6.28. The molecule has 0 fully saturated rings. The maximum Gasteiger partial charge on any atom is 0.223 e. The monoisotopic (exact) mass is 581 g/mol. The molecule has 4 N–H and O–H groups in total. The molecule has 40 heavy (non-hydrogen) atoms. The molecule has 7 nitrogen and oxygen atoms in total. The molecule has 214 valence electrons. The van der Waals surface area contributed by atoms with Crippen LogP contribution in [0.25, 0.3) is 0 Å². The number of rotatable bonds is 9. The van der Waals surface area contributed by atoms with Gasteiger partial charge in [-0.15, -0.1) is 0 Å². The van der Waals surface area contributed by atoms with Crippen molar-refractivity contribution in [1.82, 2.24) is 10.0 Å². The van der Waals surface area contributed by atoms with Gasteiger partial charge >= 0.3 is 0 Å².